The van der Waals surface area contributed by atoms with Gasteiger partial charge in [0.15, 0.2) is 0 Å². The van der Waals surface area contributed by atoms with Crippen molar-refractivity contribution >= 4 is 0 Å². The zero-order valence-corrected chi connectivity index (χ0v) is 14.7. The molecule has 0 spiro atoms. The van der Waals surface area contributed by atoms with E-state index in [0.29, 0.717) is 0 Å². The predicted octanol–water partition coefficient (Wildman–Crippen LogP) is 7.49. The molecule has 1 radical (unpaired) electrons. The van der Waals surface area contributed by atoms with Crippen LogP contribution in [0.1, 0.15) is 96.0 Å². The molecule has 1 aromatic carbocycles. The molecular weight excluding hydrogens is 264 g/mol. The lowest BCUT2D eigenvalue weighted by Crippen LogP contribution is -1.82. The monoisotopic (exact) mass is 299 g/mol. The molecule has 0 atom stereocenters. The van der Waals surface area contributed by atoms with Gasteiger partial charge in [-0.3, -0.25) is 0 Å². The molecule has 0 aromatic heterocycles. The lowest BCUT2D eigenvalue weighted by atomic mass is 10.0. The van der Waals surface area contributed by atoms with Crippen molar-refractivity contribution in [3.63, 3.8) is 0 Å². The van der Waals surface area contributed by atoms with Gasteiger partial charge in [-0.1, -0.05) is 114 Å². The number of hydrogen-bond acceptors (Lipinski definition) is 0. The fourth-order valence-electron chi connectivity index (χ4n) is 2.81. The molecule has 0 aliphatic heterocycles. The summed E-state index contributed by atoms with van der Waals surface area (Å²) in [5.41, 5.74) is 1.20. The third kappa shape index (κ3) is 11.6. The van der Waals surface area contributed by atoms with Crippen LogP contribution in [-0.2, 0) is 0 Å². The molecule has 0 amide bonds. The van der Waals surface area contributed by atoms with E-state index >= 15 is 0 Å². The second-order valence-electron chi connectivity index (χ2n) is 6.39. The number of rotatable bonds is 14. The Labute approximate surface area is 139 Å². The van der Waals surface area contributed by atoms with E-state index in [2.05, 4.69) is 49.4 Å². The molecule has 22 heavy (non-hydrogen) atoms. The summed E-state index contributed by atoms with van der Waals surface area (Å²) in [6, 6.07) is 10.4. The van der Waals surface area contributed by atoms with Gasteiger partial charge in [0.2, 0.25) is 0 Å². The lowest BCUT2D eigenvalue weighted by molar-refractivity contribution is 0.545. The minimum absolute atomic E-state index is 1.17. The first-order chi connectivity index (χ1) is 10.9. The van der Waals surface area contributed by atoms with Crippen molar-refractivity contribution < 1.29 is 0 Å². The second-order valence-corrected chi connectivity index (χ2v) is 6.39. The van der Waals surface area contributed by atoms with E-state index in [9.17, 15) is 0 Å². The molecule has 0 saturated carbocycles. The summed E-state index contributed by atoms with van der Waals surface area (Å²) >= 11 is 0. The predicted molar refractivity (Wildman–Crippen MR) is 99.1 cm³/mol. The summed E-state index contributed by atoms with van der Waals surface area (Å²) in [4.78, 5) is 0. The Hall–Kier alpha value is -1.04. The number of unbranched alkanes of at least 4 members (excludes halogenated alkanes) is 12. The van der Waals surface area contributed by atoms with Gasteiger partial charge in [0.1, 0.15) is 0 Å². The molecule has 0 aliphatic carbocycles. The molecule has 0 fully saturated rings. The average Bonchev–Trinajstić information content (AvgIpc) is 2.56. The van der Waals surface area contributed by atoms with Gasteiger partial charge in [-0.15, -0.1) is 0 Å². The van der Waals surface area contributed by atoms with Gasteiger partial charge in [-0.25, -0.2) is 0 Å². The summed E-state index contributed by atoms with van der Waals surface area (Å²) < 4.78 is 0. The Kier molecular flexibility index (Phi) is 12.9. The molecule has 0 saturated heterocycles. The minimum Gasteiger partial charge on any atom is -0.0760 e. The molecule has 0 aliphatic rings. The third-order valence-electron chi connectivity index (χ3n) is 4.24. The van der Waals surface area contributed by atoms with Gasteiger partial charge in [0.05, 0.1) is 0 Å². The largest absolute Gasteiger partial charge is 0.0760 e. The zero-order valence-electron chi connectivity index (χ0n) is 14.7. The van der Waals surface area contributed by atoms with Crippen molar-refractivity contribution in [2.24, 2.45) is 0 Å². The molecule has 123 valence electrons. The van der Waals surface area contributed by atoms with Gasteiger partial charge in [-0.05, 0) is 24.5 Å². The molecule has 0 N–H and O–H groups in total. The third-order valence-corrected chi connectivity index (χ3v) is 4.24. The minimum atomic E-state index is 1.17. The van der Waals surface area contributed by atoms with E-state index < -0.39 is 0 Å². The normalized spacial score (nSPS) is 11.3. The van der Waals surface area contributed by atoms with Gasteiger partial charge >= 0.3 is 0 Å². The van der Waals surface area contributed by atoms with Crippen molar-refractivity contribution in [3.05, 3.63) is 48.0 Å². The first-order valence-corrected chi connectivity index (χ1v) is 9.56. The maximum absolute atomic E-state index is 3.36. The highest BCUT2D eigenvalue weighted by molar-refractivity contribution is 5.21. The van der Waals surface area contributed by atoms with Gasteiger partial charge < -0.3 is 0 Å². The van der Waals surface area contributed by atoms with E-state index in [1.807, 2.05) is 0 Å². The fourth-order valence-corrected chi connectivity index (χ4v) is 2.81. The van der Waals surface area contributed by atoms with Crippen molar-refractivity contribution in [1.82, 2.24) is 0 Å². The van der Waals surface area contributed by atoms with Gasteiger partial charge in [0, 0.05) is 0 Å². The van der Waals surface area contributed by atoms with E-state index in [0.717, 1.165) is 0 Å². The highest BCUT2D eigenvalue weighted by Crippen LogP contribution is 2.12. The Morgan fingerprint density at radius 1 is 0.682 bits per heavy atom. The average molecular weight is 300 g/mol. The van der Waals surface area contributed by atoms with Crippen LogP contribution in [0.15, 0.2) is 36.4 Å². The van der Waals surface area contributed by atoms with Gasteiger partial charge in [-0.2, -0.15) is 0 Å². The maximum atomic E-state index is 3.36. The first-order valence-electron chi connectivity index (χ1n) is 9.56. The summed E-state index contributed by atoms with van der Waals surface area (Å²) in [5.74, 6) is 0. The summed E-state index contributed by atoms with van der Waals surface area (Å²) in [6.45, 7) is 2.29. The summed E-state index contributed by atoms with van der Waals surface area (Å²) in [7, 11) is 0. The van der Waals surface area contributed by atoms with Crippen molar-refractivity contribution in [3.8, 4) is 0 Å². The number of hydrogen-bond donors (Lipinski definition) is 0. The SMILES string of the molecule is CCCCCCCCCCCCCC/C=[C]\c1ccccc1. The lowest BCUT2D eigenvalue weighted by Gasteiger charge is -2.02. The number of benzene rings is 1. The van der Waals surface area contributed by atoms with Crippen molar-refractivity contribution in [2.45, 2.75) is 90.4 Å². The van der Waals surface area contributed by atoms with Crippen LogP contribution in [0.2, 0.25) is 0 Å². The molecule has 0 nitrogen and oxygen atoms in total. The van der Waals surface area contributed by atoms with Crippen LogP contribution in [-0.4, -0.2) is 0 Å². The Morgan fingerprint density at radius 2 is 1.18 bits per heavy atom. The summed E-state index contributed by atoms with van der Waals surface area (Å²) in [5, 5.41) is 0. The molecule has 1 aromatic rings. The zero-order chi connectivity index (χ0) is 15.7. The van der Waals surface area contributed by atoms with Crippen LogP contribution in [0, 0.1) is 6.08 Å². The van der Waals surface area contributed by atoms with Crippen LogP contribution in [0.5, 0.6) is 0 Å². The molecule has 0 heterocycles. The van der Waals surface area contributed by atoms with Crippen LogP contribution in [0.4, 0.5) is 0 Å². The topological polar surface area (TPSA) is 0 Å². The van der Waals surface area contributed by atoms with E-state index in [4.69, 9.17) is 0 Å². The van der Waals surface area contributed by atoms with Gasteiger partial charge in [0.25, 0.3) is 0 Å². The van der Waals surface area contributed by atoms with Crippen LogP contribution in [0.3, 0.4) is 0 Å². The van der Waals surface area contributed by atoms with Crippen LogP contribution >= 0.6 is 0 Å². The molecule has 0 bridgehead atoms. The highest BCUT2D eigenvalue weighted by atomic mass is 14.0. The first kappa shape index (κ1) is 19.0. The molecular formula is C22H35. The Morgan fingerprint density at radius 3 is 1.73 bits per heavy atom. The fraction of sp³-hybridized carbons (Fsp3) is 0.636. The Bertz CT molecular complexity index is 350. The quantitative estimate of drug-likeness (QED) is 0.312. The highest BCUT2D eigenvalue weighted by Gasteiger charge is 1.93. The second kappa shape index (κ2) is 14.9. The van der Waals surface area contributed by atoms with Crippen molar-refractivity contribution in [2.75, 3.05) is 0 Å². The molecule has 0 unspecified atom stereocenters. The Balaban J connectivity index is 1.79. The molecule has 1 rings (SSSR count). The standard InChI is InChI=1S/C22H35/c1-2-3-4-5-6-7-8-9-10-11-12-13-14-16-19-22-20-17-15-18-21-22/h15-18,20-21H,2-14H2,1H3. The van der Waals surface area contributed by atoms with E-state index in [1.165, 1.54) is 89.0 Å². The van der Waals surface area contributed by atoms with Crippen LogP contribution < -0.4 is 0 Å². The van der Waals surface area contributed by atoms with E-state index in [-0.39, 0.29) is 0 Å². The molecule has 0 heteroatoms. The van der Waals surface area contributed by atoms with Crippen molar-refractivity contribution in [1.29, 1.82) is 0 Å². The maximum Gasteiger partial charge on any atom is -0.0149 e. The smallest absolute Gasteiger partial charge is 0.0149 e. The van der Waals surface area contributed by atoms with E-state index in [1.54, 1.807) is 0 Å². The number of allylic oxidation sites excluding steroid dienone is 1. The summed E-state index contributed by atoms with van der Waals surface area (Å²) in [6.07, 6.45) is 23.8. The van der Waals surface area contributed by atoms with Crippen LogP contribution in [0.25, 0.3) is 0 Å².